The average molecular weight is 555 g/mol. The number of amides is 4. The first kappa shape index (κ1) is 29.5. The summed E-state index contributed by atoms with van der Waals surface area (Å²) in [4.78, 5) is 41.6. The van der Waals surface area contributed by atoms with Crippen LogP contribution in [0.4, 0.5) is 4.79 Å². The van der Waals surface area contributed by atoms with Crippen LogP contribution in [-0.2, 0) is 14.3 Å². The van der Waals surface area contributed by atoms with Gasteiger partial charge in [-0.2, -0.15) is 0 Å². The van der Waals surface area contributed by atoms with Gasteiger partial charge in [0, 0.05) is 0 Å². The van der Waals surface area contributed by atoms with Gasteiger partial charge in [-0.15, -0.1) is 0 Å². The van der Waals surface area contributed by atoms with Crippen molar-refractivity contribution in [2.24, 2.45) is 5.92 Å². The van der Waals surface area contributed by atoms with Crippen molar-refractivity contribution >= 4 is 17.8 Å². The molecule has 216 valence electrons. The lowest BCUT2D eigenvalue weighted by molar-refractivity contribution is -0.151. The number of carbonyl (C=O) groups is 3. The molecule has 0 spiro atoms. The number of carbonyl (C=O) groups excluding carboxylic acids is 3. The molecule has 10 nitrogen and oxygen atoms in total. The van der Waals surface area contributed by atoms with Gasteiger partial charge in [-0.1, -0.05) is 12.1 Å². The Morgan fingerprint density at radius 1 is 0.800 bits per heavy atom. The zero-order chi connectivity index (χ0) is 29.0. The van der Waals surface area contributed by atoms with Crippen LogP contribution in [0.5, 0.6) is 11.5 Å². The van der Waals surface area contributed by atoms with E-state index in [1.165, 1.54) is 0 Å². The van der Waals surface area contributed by atoms with Gasteiger partial charge in [0.1, 0.15) is 36.7 Å². The highest BCUT2D eigenvalue weighted by Crippen LogP contribution is 2.26. The van der Waals surface area contributed by atoms with Crippen molar-refractivity contribution in [3.05, 3.63) is 58.7 Å². The van der Waals surface area contributed by atoms with E-state index in [1.54, 1.807) is 0 Å². The molecule has 0 radical (unpaired) electrons. The van der Waals surface area contributed by atoms with Gasteiger partial charge in [-0.3, -0.25) is 19.4 Å². The van der Waals surface area contributed by atoms with Crippen LogP contribution in [0, 0.1) is 33.6 Å². The molecular weight excluding hydrogens is 516 g/mol. The fourth-order valence-corrected chi connectivity index (χ4v) is 4.90. The highest BCUT2D eigenvalue weighted by atomic mass is 16.6. The molecule has 4 unspecified atom stereocenters. The summed E-state index contributed by atoms with van der Waals surface area (Å²) in [7, 11) is 0. The van der Waals surface area contributed by atoms with Crippen LogP contribution in [0.2, 0.25) is 0 Å². The third kappa shape index (κ3) is 7.80. The number of imide groups is 2. The second kappa shape index (κ2) is 12.8. The first-order chi connectivity index (χ1) is 19.0. The molecule has 40 heavy (non-hydrogen) atoms. The molecule has 4 amide bonds. The summed E-state index contributed by atoms with van der Waals surface area (Å²) in [6.07, 6.45) is -2.22. The van der Waals surface area contributed by atoms with Gasteiger partial charge in [0.15, 0.2) is 0 Å². The van der Waals surface area contributed by atoms with Crippen LogP contribution in [0.25, 0.3) is 0 Å². The standard InChI is InChI=1S/C30H38N2O8/c1-18-7-19(2)10-24(9-18)38-15-22(33)5-6-27-28(35)31(30(37)32(29(27)36)14-26-17-40-26)13-23(34)16-39-25-11-20(3)8-21(4)12-25/h7-12,22-23,26-27,33-34H,5-6,13-17H2,1-4H3. The number of urea groups is 1. The highest BCUT2D eigenvalue weighted by Gasteiger charge is 2.47. The predicted octanol–water partition coefficient (Wildman–Crippen LogP) is 2.69. The fraction of sp³-hybridized carbons (Fsp3) is 0.500. The second-order valence-electron chi connectivity index (χ2n) is 10.8. The normalized spacial score (nSPS) is 20.5. The van der Waals surface area contributed by atoms with Gasteiger partial charge in [-0.05, 0) is 87.1 Å². The van der Waals surface area contributed by atoms with Gasteiger partial charge >= 0.3 is 6.03 Å². The molecule has 2 aliphatic rings. The molecule has 4 atom stereocenters. The van der Waals surface area contributed by atoms with Gasteiger partial charge in [0.25, 0.3) is 0 Å². The number of epoxide rings is 1. The first-order valence-corrected chi connectivity index (χ1v) is 13.6. The molecule has 2 heterocycles. The Kier molecular flexibility index (Phi) is 9.44. The Bertz CT molecular complexity index is 1200. The summed E-state index contributed by atoms with van der Waals surface area (Å²) in [6.45, 7) is 7.76. The highest BCUT2D eigenvalue weighted by molar-refractivity contribution is 6.16. The number of β-amino-alcohol motifs (C(OH)–C–C–N with tert-alkyl or cyclic N) is 1. The minimum Gasteiger partial charge on any atom is -0.491 e. The van der Waals surface area contributed by atoms with Crippen molar-refractivity contribution in [1.29, 1.82) is 0 Å². The second-order valence-corrected chi connectivity index (χ2v) is 10.8. The lowest BCUT2D eigenvalue weighted by Gasteiger charge is -2.37. The fourth-order valence-electron chi connectivity index (χ4n) is 4.90. The molecule has 2 aromatic carbocycles. The van der Waals surface area contributed by atoms with Crippen LogP contribution in [0.15, 0.2) is 36.4 Å². The zero-order valence-electron chi connectivity index (χ0n) is 23.5. The number of rotatable bonds is 13. The molecule has 4 rings (SSSR count). The Labute approximate surface area is 234 Å². The number of aryl methyl sites for hydroxylation is 4. The maximum atomic E-state index is 13.3. The van der Waals surface area contributed by atoms with Crippen LogP contribution in [0.3, 0.4) is 0 Å². The van der Waals surface area contributed by atoms with E-state index in [-0.39, 0.29) is 45.2 Å². The summed E-state index contributed by atoms with van der Waals surface area (Å²) in [5.41, 5.74) is 4.08. The van der Waals surface area contributed by atoms with E-state index in [9.17, 15) is 24.6 Å². The molecule has 0 aromatic heterocycles. The number of hydrogen-bond acceptors (Lipinski definition) is 8. The topological polar surface area (TPSA) is 129 Å². The maximum absolute atomic E-state index is 13.3. The van der Waals surface area contributed by atoms with Gasteiger partial charge in [0.05, 0.1) is 31.9 Å². The van der Waals surface area contributed by atoms with E-state index in [0.29, 0.717) is 18.1 Å². The van der Waals surface area contributed by atoms with E-state index in [0.717, 1.165) is 32.1 Å². The van der Waals surface area contributed by atoms with E-state index in [1.807, 2.05) is 64.1 Å². The molecule has 2 N–H and O–H groups in total. The minimum absolute atomic E-state index is 0.00520. The third-order valence-corrected chi connectivity index (χ3v) is 6.84. The van der Waals surface area contributed by atoms with Crippen molar-refractivity contribution < 1.29 is 38.8 Å². The molecule has 0 bridgehead atoms. The van der Waals surface area contributed by atoms with E-state index >= 15 is 0 Å². The number of aliphatic hydroxyl groups excluding tert-OH is 2. The van der Waals surface area contributed by atoms with Crippen molar-refractivity contribution in [3.8, 4) is 11.5 Å². The zero-order valence-corrected chi connectivity index (χ0v) is 23.5. The minimum atomic E-state index is -1.17. The number of benzene rings is 2. The SMILES string of the molecule is Cc1cc(C)cc(OCC(O)CCC2C(=O)N(CC(O)COc3cc(C)cc(C)c3)C(=O)N(CC3CO3)C2=O)c1. The van der Waals surface area contributed by atoms with Crippen LogP contribution in [0.1, 0.15) is 35.1 Å². The van der Waals surface area contributed by atoms with Crippen LogP contribution >= 0.6 is 0 Å². The number of hydrogen-bond donors (Lipinski definition) is 2. The molecule has 2 fully saturated rings. The largest absolute Gasteiger partial charge is 0.491 e. The lowest BCUT2D eigenvalue weighted by Crippen LogP contribution is -2.62. The molecule has 2 saturated heterocycles. The average Bonchev–Trinajstić information content (AvgIpc) is 3.70. The summed E-state index contributed by atoms with van der Waals surface area (Å²) in [5.74, 6) is -1.28. The maximum Gasteiger partial charge on any atom is 0.333 e. The van der Waals surface area contributed by atoms with Crippen molar-refractivity contribution in [3.63, 3.8) is 0 Å². The Morgan fingerprint density at radius 3 is 1.77 bits per heavy atom. The van der Waals surface area contributed by atoms with E-state index in [4.69, 9.17) is 14.2 Å². The first-order valence-electron chi connectivity index (χ1n) is 13.6. The lowest BCUT2D eigenvalue weighted by atomic mass is 9.95. The Balaban J connectivity index is 1.37. The summed E-state index contributed by atoms with van der Waals surface area (Å²) < 4.78 is 16.6. The predicted molar refractivity (Wildman–Crippen MR) is 146 cm³/mol. The van der Waals surface area contributed by atoms with Gasteiger partial charge in [0.2, 0.25) is 11.8 Å². The van der Waals surface area contributed by atoms with Crippen LogP contribution < -0.4 is 9.47 Å². The smallest absolute Gasteiger partial charge is 0.333 e. The third-order valence-electron chi connectivity index (χ3n) is 6.84. The van der Waals surface area contributed by atoms with E-state index in [2.05, 4.69) is 0 Å². The number of nitrogens with zero attached hydrogens (tertiary/aromatic N) is 2. The molecule has 10 heteroatoms. The van der Waals surface area contributed by atoms with Gasteiger partial charge in [-0.25, -0.2) is 4.79 Å². The Hall–Kier alpha value is -3.47. The molecule has 2 aliphatic heterocycles. The molecule has 2 aromatic rings. The Morgan fingerprint density at radius 2 is 1.27 bits per heavy atom. The summed E-state index contributed by atoms with van der Waals surface area (Å²) in [6, 6.07) is 10.6. The van der Waals surface area contributed by atoms with Gasteiger partial charge < -0.3 is 24.4 Å². The van der Waals surface area contributed by atoms with Crippen molar-refractivity contribution in [1.82, 2.24) is 9.80 Å². The molecule has 0 saturated carbocycles. The number of barbiturate groups is 1. The molecule has 0 aliphatic carbocycles. The summed E-state index contributed by atoms with van der Waals surface area (Å²) in [5, 5.41) is 21.2. The number of ether oxygens (including phenoxy) is 3. The number of aliphatic hydroxyl groups is 2. The van der Waals surface area contributed by atoms with Crippen LogP contribution in [-0.4, -0.2) is 89.1 Å². The van der Waals surface area contributed by atoms with E-state index < -0.39 is 36.0 Å². The molecular formula is C30H38N2O8. The quantitative estimate of drug-likeness (QED) is 0.286. The van der Waals surface area contributed by atoms with Crippen molar-refractivity contribution in [2.75, 3.05) is 32.9 Å². The monoisotopic (exact) mass is 554 g/mol. The van der Waals surface area contributed by atoms with Crippen molar-refractivity contribution in [2.45, 2.75) is 58.8 Å². The summed E-state index contributed by atoms with van der Waals surface area (Å²) >= 11 is 0.